The maximum absolute atomic E-state index is 6.27. The standard InChI is InChI=1S/C19H24O/c1-11-9-8-10-18(12(11)2)20-19-16(6)14(4)13(3)15(5)17(19)7/h8-10H,1-7H3. The third-order valence-electron chi connectivity index (χ3n) is 4.70. The van der Waals surface area contributed by atoms with Crippen LogP contribution in [-0.2, 0) is 0 Å². The molecule has 0 aliphatic heterocycles. The fourth-order valence-corrected chi connectivity index (χ4v) is 2.56. The van der Waals surface area contributed by atoms with Crippen molar-refractivity contribution in [1.82, 2.24) is 0 Å². The maximum atomic E-state index is 6.27. The second-order valence-corrected chi connectivity index (χ2v) is 5.75. The Morgan fingerprint density at radius 3 is 1.65 bits per heavy atom. The zero-order valence-corrected chi connectivity index (χ0v) is 13.6. The van der Waals surface area contributed by atoms with Gasteiger partial charge in [-0.1, -0.05) is 12.1 Å². The molecule has 0 aromatic heterocycles. The van der Waals surface area contributed by atoms with Crippen LogP contribution in [0.2, 0.25) is 0 Å². The Balaban J connectivity index is 2.57. The van der Waals surface area contributed by atoms with E-state index in [1.54, 1.807) is 0 Å². The third-order valence-corrected chi connectivity index (χ3v) is 4.70. The highest BCUT2D eigenvalue weighted by Gasteiger charge is 2.15. The van der Waals surface area contributed by atoms with Gasteiger partial charge in [-0.15, -0.1) is 0 Å². The van der Waals surface area contributed by atoms with Crippen LogP contribution in [0.25, 0.3) is 0 Å². The van der Waals surface area contributed by atoms with Crippen LogP contribution < -0.4 is 4.74 Å². The van der Waals surface area contributed by atoms with Crippen LogP contribution in [0.4, 0.5) is 0 Å². The molecular formula is C19H24O. The molecular weight excluding hydrogens is 244 g/mol. The molecule has 0 radical (unpaired) electrons. The first kappa shape index (κ1) is 14.6. The van der Waals surface area contributed by atoms with Crippen LogP contribution in [0.5, 0.6) is 11.5 Å². The van der Waals surface area contributed by atoms with Crippen molar-refractivity contribution in [2.24, 2.45) is 0 Å². The first-order valence-electron chi connectivity index (χ1n) is 7.15. The van der Waals surface area contributed by atoms with Crippen LogP contribution in [0, 0.1) is 48.5 Å². The number of ether oxygens (including phenoxy) is 1. The van der Waals surface area contributed by atoms with Gasteiger partial charge in [-0.3, -0.25) is 0 Å². The van der Waals surface area contributed by atoms with E-state index >= 15 is 0 Å². The number of aryl methyl sites for hydroxylation is 1. The van der Waals surface area contributed by atoms with Gasteiger partial charge in [0.1, 0.15) is 11.5 Å². The van der Waals surface area contributed by atoms with Gasteiger partial charge in [-0.05, 0) is 93.5 Å². The number of hydrogen-bond donors (Lipinski definition) is 0. The molecule has 2 aromatic rings. The van der Waals surface area contributed by atoms with Crippen LogP contribution in [0.3, 0.4) is 0 Å². The van der Waals surface area contributed by atoms with Crippen molar-refractivity contribution >= 4 is 0 Å². The fraction of sp³-hybridized carbons (Fsp3) is 0.368. The zero-order valence-electron chi connectivity index (χ0n) is 13.6. The van der Waals surface area contributed by atoms with E-state index < -0.39 is 0 Å². The van der Waals surface area contributed by atoms with Gasteiger partial charge >= 0.3 is 0 Å². The molecule has 1 heteroatoms. The molecule has 1 nitrogen and oxygen atoms in total. The van der Waals surface area contributed by atoms with Gasteiger partial charge in [-0.25, -0.2) is 0 Å². The van der Waals surface area contributed by atoms with Gasteiger partial charge in [0.05, 0.1) is 0 Å². The van der Waals surface area contributed by atoms with Gasteiger partial charge in [0.2, 0.25) is 0 Å². The Bertz CT molecular complexity index is 637. The van der Waals surface area contributed by atoms with Crippen LogP contribution in [0.15, 0.2) is 18.2 Å². The molecule has 106 valence electrons. The first-order valence-corrected chi connectivity index (χ1v) is 7.15. The summed E-state index contributed by atoms with van der Waals surface area (Å²) >= 11 is 0. The molecule has 0 saturated heterocycles. The van der Waals surface area contributed by atoms with E-state index in [1.807, 2.05) is 6.07 Å². The molecule has 0 heterocycles. The van der Waals surface area contributed by atoms with E-state index in [4.69, 9.17) is 4.74 Å². The zero-order chi connectivity index (χ0) is 15.0. The highest BCUT2D eigenvalue weighted by molar-refractivity contribution is 5.55. The topological polar surface area (TPSA) is 9.23 Å². The molecule has 0 saturated carbocycles. The predicted octanol–water partition coefficient (Wildman–Crippen LogP) is 5.64. The van der Waals surface area contributed by atoms with E-state index in [9.17, 15) is 0 Å². The van der Waals surface area contributed by atoms with Crippen LogP contribution in [-0.4, -0.2) is 0 Å². The summed E-state index contributed by atoms with van der Waals surface area (Å²) in [7, 11) is 0. The Kier molecular flexibility index (Phi) is 3.89. The van der Waals surface area contributed by atoms with E-state index in [1.165, 1.54) is 38.9 Å². The largest absolute Gasteiger partial charge is 0.457 e. The highest BCUT2D eigenvalue weighted by atomic mass is 16.5. The molecule has 0 aliphatic carbocycles. The maximum Gasteiger partial charge on any atom is 0.133 e. The molecule has 0 fully saturated rings. The van der Waals surface area contributed by atoms with Crippen molar-refractivity contribution in [3.05, 3.63) is 57.1 Å². The quantitative estimate of drug-likeness (QED) is 0.685. The van der Waals surface area contributed by atoms with Crippen molar-refractivity contribution in [2.45, 2.75) is 48.5 Å². The second-order valence-electron chi connectivity index (χ2n) is 5.75. The summed E-state index contributed by atoms with van der Waals surface area (Å²) in [6.45, 7) is 15.1. The summed E-state index contributed by atoms with van der Waals surface area (Å²) in [5, 5.41) is 0. The van der Waals surface area contributed by atoms with Crippen molar-refractivity contribution in [3.63, 3.8) is 0 Å². The van der Waals surface area contributed by atoms with Crippen molar-refractivity contribution in [2.75, 3.05) is 0 Å². The molecule has 0 amide bonds. The minimum absolute atomic E-state index is 0.957. The molecule has 0 spiro atoms. The normalized spacial score (nSPS) is 10.8. The summed E-state index contributed by atoms with van der Waals surface area (Å²) < 4.78 is 6.27. The Hall–Kier alpha value is -1.76. The second kappa shape index (κ2) is 5.32. The van der Waals surface area contributed by atoms with Crippen LogP contribution in [0.1, 0.15) is 38.9 Å². The van der Waals surface area contributed by atoms with Gasteiger partial charge < -0.3 is 4.74 Å². The lowest BCUT2D eigenvalue weighted by Gasteiger charge is -2.20. The van der Waals surface area contributed by atoms with E-state index in [2.05, 4.69) is 60.6 Å². The summed E-state index contributed by atoms with van der Waals surface area (Å²) in [5.74, 6) is 1.97. The number of hydrogen-bond acceptors (Lipinski definition) is 1. The Morgan fingerprint density at radius 2 is 1.10 bits per heavy atom. The highest BCUT2D eigenvalue weighted by Crippen LogP contribution is 2.36. The molecule has 0 bridgehead atoms. The fourth-order valence-electron chi connectivity index (χ4n) is 2.56. The monoisotopic (exact) mass is 268 g/mol. The van der Waals surface area contributed by atoms with Gasteiger partial charge in [0, 0.05) is 0 Å². The molecule has 20 heavy (non-hydrogen) atoms. The molecule has 0 atom stereocenters. The number of rotatable bonds is 2. The third kappa shape index (κ3) is 2.33. The Labute approximate surface area is 122 Å². The summed E-state index contributed by atoms with van der Waals surface area (Å²) in [6.07, 6.45) is 0. The van der Waals surface area contributed by atoms with Gasteiger partial charge in [0.15, 0.2) is 0 Å². The lowest BCUT2D eigenvalue weighted by Crippen LogP contribution is -2.01. The molecule has 0 unspecified atom stereocenters. The Morgan fingerprint density at radius 1 is 0.600 bits per heavy atom. The summed E-state index contributed by atoms with van der Waals surface area (Å²) in [4.78, 5) is 0. The smallest absolute Gasteiger partial charge is 0.133 e. The lowest BCUT2D eigenvalue weighted by molar-refractivity contribution is 0.469. The lowest BCUT2D eigenvalue weighted by atomic mass is 9.94. The van der Waals surface area contributed by atoms with Crippen molar-refractivity contribution in [3.8, 4) is 11.5 Å². The predicted molar refractivity (Wildman–Crippen MR) is 86.1 cm³/mol. The van der Waals surface area contributed by atoms with Gasteiger partial charge in [0.25, 0.3) is 0 Å². The van der Waals surface area contributed by atoms with Crippen molar-refractivity contribution in [1.29, 1.82) is 0 Å². The first-order chi connectivity index (χ1) is 9.34. The average Bonchev–Trinajstić information content (AvgIpc) is 2.43. The SMILES string of the molecule is Cc1cccc(Oc2c(C)c(C)c(C)c(C)c2C)c1C. The molecule has 0 aliphatic rings. The molecule has 2 aromatic carbocycles. The van der Waals surface area contributed by atoms with E-state index in [-0.39, 0.29) is 0 Å². The summed E-state index contributed by atoms with van der Waals surface area (Å²) in [6, 6.07) is 6.22. The minimum Gasteiger partial charge on any atom is -0.457 e. The molecule has 2 rings (SSSR count). The number of benzene rings is 2. The van der Waals surface area contributed by atoms with E-state index in [0.717, 1.165) is 11.5 Å². The summed E-state index contributed by atoms with van der Waals surface area (Å²) in [5.41, 5.74) is 8.98. The van der Waals surface area contributed by atoms with Gasteiger partial charge in [-0.2, -0.15) is 0 Å². The minimum atomic E-state index is 0.957. The van der Waals surface area contributed by atoms with Crippen LogP contribution >= 0.6 is 0 Å². The van der Waals surface area contributed by atoms with E-state index in [0.29, 0.717) is 0 Å². The van der Waals surface area contributed by atoms with Crippen molar-refractivity contribution < 1.29 is 4.74 Å². The average molecular weight is 268 g/mol. The molecule has 0 N–H and O–H groups in total.